The van der Waals surface area contributed by atoms with Crippen LogP contribution < -0.4 is 4.72 Å². The molecular formula is C13H8ClF4NO2S. The number of benzene rings is 2. The van der Waals surface area contributed by atoms with Gasteiger partial charge in [0.2, 0.25) is 0 Å². The smallest absolute Gasteiger partial charge is 0.279 e. The fourth-order valence-electron chi connectivity index (χ4n) is 1.66. The Labute approximate surface area is 128 Å². The van der Waals surface area contributed by atoms with Crippen molar-refractivity contribution in [2.24, 2.45) is 0 Å². The quantitative estimate of drug-likeness (QED) is 0.836. The van der Waals surface area contributed by atoms with E-state index in [-0.39, 0.29) is 5.69 Å². The van der Waals surface area contributed by atoms with E-state index < -0.39 is 37.5 Å². The zero-order valence-corrected chi connectivity index (χ0v) is 12.2. The summed E-state index contributed by atoms with van der Waals surface area (Å²) < 4.78 is 76.8. The number of halogens is 5. The van der Waals surface area contributed by atoms with Crippen LogP contribution in [0.5, 0.6) is 0 Å². The summed E-state index contributed by atoms with van der Waals surface area (Å²) in [5.74, 6) is -0.668. The molecule has 0 aliphatic rings. The van der Waals surface area contributed by atoms with Gasteiger partial charge in [-0.25, -0.2) is 12.8 Å². The molecule has 22 heavy (non-hydrogen) atoms. The Morgan fingerprint density at radius 2 is 1.73 bits per heavy atom. The second kappa shape index (κ2) is 5.77. The third-order valence-corrected chi connectivity index (χ3v) is 4.49. The Morgan fingerprint density at radius 3 is 2.27 bits per heavy atom. The first kappa shape index (κ1) is 16.6. The molecule has 0 saturated heterocycles. The Bertz CT molecular complexity index is 806. The zero-order valence-electron chi connectivity index (χ0n) is 10.7. The van der Waals surface area contributed by atoms with Gasteiger partial charge < -0.3 is 0 Å². The van der Waals surface area contributed by atoms with Crippen molar-refractivity contribution in [3.05, 3.63) is 58.9 Å². The highest BCUT2D eigenvalue weighted by molar-refractivity contribution is 7.92. The van der Waals surface area contributed by atoms with Crippen LogP contribution in [0.2, 0.25) is 5.02 Å². The van der Waals surface area contributed by atoms with E-state index >= 15 is 0 Å². The van der Waals surface area contributed by atoms with Gasteiger partial charge in [0, 0.05) is 0 Å². The van der Waals surface area contributed by atoms with E-state index in [1.54, 1.807) is 0 Å². The molecule has 0 amide bonds. The number of sulfonamides is 1. The molecule has 0 unspecified atom stereocenters. The predicted molar refractivity (Wildman–Crippen MR) is 73.7 cm³/mol. The molecule has 2 rings (SSSR count). The average molecular weight is 354 g/mol. The van der Waals surface area contributed by atoms with Crippen molar-refractivity contribution >= 4 is 27.3 Å². The van der Waals surface area contributed by atoms with E-state index in [4.69, 9.17) is 11.6 Å². The number of nitrogens with one attached hydrogen (secondary N) is 1. The van der Waals surface area contributed by atoms with Crippen LogP contribution in [-0.4, -0.2) is 8.42 Å². The molecule has 0 saturated carbocycles. The van der Waals surface area contributed by atoms with Gasteiger partial charge in [0.15, 0.2) is 0 Å². The van der Waals surface area contributed by atoms with Crippen LogP contribution in [0.1, 0.15) is 5.56 Å². The van der Waals surface area contributed by atoms with Crippen LogP contribution in [0.25, 0.3) is 0 Å². The van der Waals surface area contributed by atoms with Gasteiger partial charge in [0.1, 0.15) is 10.7 Å². The minimum Gasteiger partial charge on any atom is -0.279 e. The number of hydrogen-bond donors (Lipinski definition) is 1. The molecule has 0 spiro atoms. The maximum absolute atomic E-state index is 13.0. The lowest BCUT2D eigenvalue weighted by Gasteiger charge is -2.12. The monoisotopic (exact) mass is 353 g/mol. The summed E-state index contributed by atoms with van der Waals surface area (Å²) in [6, 6.07) is 6.47. The van der Waals surface area contributed by atoms with Crippen molar-refractivity contribution in [2.75, 3.05) is 4.72 Å². The van der Waals surface area contributed by atoms with Crippen molar-refractivity contribution in [2.45, 2.75) is 11.1 Å². The van der Waals surface area contributed by atoms with Crippen LogP contribution in [-0.2, 0) is 16.2 Å². The molecule has 0 heterocycles. The molecular weight excluding hydrogens is 346 g/mol. The summed E-state index contributed by atoms with van der Waals surface area (Å²) >= 11 is 5.62. The standard InChI is InChI=1S/C13H8ClF4NO2S/c14-11-6-8(13(16,17)18)4-5-12(11)22(20,21)19-10-3-1-2-9(15)7-10/h1-7,19H. The van der Waals surface area contributed by atoms with E-state index in [0.717, 1.165) is 18.2 Å². The van der Waals surface area contributed by atoms with Gasteiger partial charge in [-0.2, -0.15) is 13.2 Å². The summed E-state index contributed by atoms with van der Waals surface area (Å²) in [7, 11) is -4.24. The molecule has 0 aliphatic heterocycles. The van der Waals surface area contributed by atoms with E-state index in [1.165, 1.54) is 12.1 Å². The minimum absolute atomic E-state index is 0.0732. The summed E-state index contributed by atoms with van der Waals surface area (Å²) in [6.45, 7) is 0. The van der Waals surface area contributed by atoms with E-state index in [2.05, 4.69) is 0 Å². The Morgan fingerprint density at radius 1 is 1.05 bits per heavy atom. The molecule has 0 bridgehead atoms. The van der Waals surface area contributed by atoms with Gasteiger partial charge in [-0.15, -0.1) is 0 Å². The van der Waals surface area contributed by atoms with Crippen molar-refractivity contribution in [1.29, 1.82) is 0 Å². The van der Waals surface area contributed by atoms with Gasteiger partial charge >= 0.3 is 6.18 Å². The molecule has 0 atom stereocenters. The molecule has 118 valence electrons. The van der Waals surface area contributed by atoms with Crippen LogP contribution >= 0.6 is 11.6 Å². The maximum Gasteiger partial charge on any atom is 0.416 e. The molecule has 1 N–H and O–H groups in total. The highest BCUT2D eigenvalue weighted by atomic mass is 35.5. The average Bonchev–Trinajstić information content (AvgIpc) is 2.36. The highest BCUT2D eigenvalue weighted by Crippen LogP contribution is 2.33. The fraction of sp³-hybridized carbons (Fsp3) is 0.0769. The van der Waals surface area contributed by atoms with E-state index in [9.17, 15) is 26.0 Å². The second-order valence-electron chi connectivity index (χ2n) is 4.26. The van der Waals surface area contributed by atoms with Gasteiger partial charge in [0.25, 0.3) is 10.0 Å². The van der Waals surface area contributed by atoms with Crippen LogP contribution in [0.3, 0.4) is 0 Å². The lowest BCUT2D eigenvalue weighted by Crippen LogP contribution is -2.14. The Hall–Kier alpha value is -1.80. The molecule has 0 aliphatic carbocycles. The maximum atomic E-state index is 13.0. The van der Waals surface area contributed by atoms with Crippen LogP contribution in [0.4, 0.5) is 23.2 Å². The first-order valence-corrected chi connectivity index (χ1v) is 7.61. The van der Waals surface area contributed by atoms with Gasteiger partial charge in [0.05, 0.1) is 16.3 Å². The largest absolute Gasteiger partial charge is 0.416 e. The molecule has 0 radical (unpaired) electrons. The number of alkyl halides is 3. The summed E-state index contributed by atoms with van der Waals surface area (Å²) in [5, 5.41) is -0.585. The molecule has 2 aromatic rings. The van der Waals surface area contributed by atoms with Gasteiger partial charge in [-0.1, -0.05) is 17.7 Å². The summed E-state index contributed by atoms with van der Waals surface area (Å²) in [5.41, 5.74) is -1.14. The zero-order chi connectivity index (χ0) is 16.5. The van der Waals surface area contributed by atoms with E-state index in [0.29, 0.717) is 12.1 Å². The van der Waals surface area contributed by atoms with Crippen LogP contribution in [0, 0.1) is 5.82 Å². The third kappa shape index (κ3) is 3.69. The summed E-state index contributed by atoms with van der Waals surface area (Å²) in [4.78, 5) is -0.536. The lowest BCUT2D eigenvalue weighted by molar-refractivity contribution is -0.137. The lowest BCUT2D eigenvalue weighted by atomic mass is 10.2. The number of anilines is 1. The van der Waals surface area contributed by atoms with E-state index in [1.807, 2.05) is 4.72 Å². The Balaban J connectivity index is 2.38. The van der Waals surface area contributed by atoms with Crippen LogP contribution in [0.15, 0.2) is 47.4 Å². The third-order valence-electron chi connectivity index (χ3n) is 2.63. The van der Waals surface area contributed by atoms with Gasteiger partial charge in [-0.3, -0.25) is 4.72 Å². The van der Waals surface area contributed by atoms with Crippen molar-refractivity contribution in [3.8, 4) is 0 Å². The Kier molecular flexibility index (Phi) is 4.35. The predicted octanol–water partition coefficient (Wildman–Crippen LogP) is 4.30. The van der Waals surface area contributed by atoms with Crippen molar-refractivity contribution < 1.29 is 26.0 Å². The second-order valence-corrected chi connectivity index (χ2v) is 6.32. The summed E-state index contributed by atoms with van der Waals surface area (Å²) in [6.07, 6.45) is -4.64. The van der Waals surface area contributed by atoms with Crippen molar-refractivity contribution in [3.63, 3.8) is 0 Å². The highest BCUT2D eigenvalue weighted by Gasteiger charge is 2.32. The molecule has 2 aromatic carbocycles. The molecule has 9 heteroatoms. The molecule has 0 aromatic heterocycles. The first-order valence-electron chi connectivity index (χ1n) is 5.75. The first-order chi connectivity index (χ1) is 10.1. The topological polar surface area (TPSA) is 46.2 Å². The SMILES string of the molecule is O=S(=O)(Nc1cccc(F)c1)c1ccc(C(F)(F)F)cc1Cl. The normalized spacial score (nSPS) is 12.2. The molecule has 0 fully saturated rings. The van der Waals surface area contributed by atoms with Crippen molar-refractivity contribution in [1.82, 2.24) is 0 Å². The van der Waals surface area contributed by atoms with Gasteiger partial charge in [-0.05, 0) is 36.4 Å². The minimum atomic E-state index is -4.64. The molecule has 3 nitrogen and oxygen atoms in total. The number of rotatable bonds is 3. The fourth-order valence-corrected chi connectivity index (χ4v) is 3.25. The number of hydrogen-bond acceptors (Lipinski definition) is 2.